The van der Waals surface area contributed by atoms with Gasteiger partial charge in [-0.2, -0.15) is 0 Å². The molecule has 2 fully saturated rings. The van der Waals surface area contributed by atoms with Crippen molar-refractivity contribution in [3.8, 4) is 0 Å². The molecule has 0 aliphatic carbocycles. The summed E-state index contributed by atoms with van der Waals surface area (Å²) < 4.78 is 22.0. The highest BCUT2D eigenvalue weighted by Crippen LogP contribution is 2.29. The zero-order chi connectivity index (χ0) is 25.1. The Balaban J connectivity index is 1.78. The topological polar surface area (TPSA) is 179 Å². The molecule has 11 heteroatoms. The van der Waals surface area contributed by atoms with Gasteiger partial charge in [0.15, 0.2) is 12.6 Å². The van der Waals surface area contributed by atoms with Gasteiger partial charge in [-0.25, -0.2) is 0 Å². The van der Waals surface area contributed by atoms with E-state index in [2.05, 4.69) is 6.58 Å². The van der Waals surface area contributed by atoms with Gasteiger partial charge < -0.3 is 54.7 Å². The van der Waals surface area contributed by atoms with Crippen molar-refractivity contribution in [3.63, 3.8) is 0 Å². The molecule has 11 nitrogen and oxygen atoms in total. The Morgan fingerprint density at radius 1 is 0.647 bits per heavy atom. The summed E-state index contributed by atoms with van der Waals surface area (Å²) in [5.41, 5.74) is 0. The second-order valence-electron chi connectivity index (χ2n) is 8.93. The number of hydrogen-bond acceptors (Lipinski definition) is 11. The van der Waals surface area contributed by atoms with Crippen molar-refractivity contribution in [1.29, 1.82) is 0 Å². The molecule has 10 atom stereocenters. The highest BCUT2D eigenvalue weighted by atomic mass is 16.7. The summed E-state index contributed by atoms with van der Waals surface area (Å²) in [6.45, 7) is 2.79. The molecule has 0 saturated carbocycles. The molecule has 0 bridgehead atoms. The van der Waals surface area contributed by atoms with Crippen LogP contribution in [0.25, 0.3) is 0 Å². The SMILES string of the molecule is C=CCCCCCCCCCO[C@@H]1OC(CO)[C@@H](O[C@H]2OC(CO)[C@@H](O)C(O)[C@H]2O)C(O)C1O. The fraction of sp³-hybridized carbons (Fsp3) is 0.913. The molecule has 0 spiro atoms. The molecule has 2 rings (SSSR count). The predicted molar refractivity (Wildman–Crippen MR) is 119 cm³/mol. The fourth-order valence-electron chi connectivity index (χ4n) is 4.17. The maximum atomic E-state index is 10.6. The van der Waals surface area contributed by atoms with Crippen LogP contribution in [0.3, 0.4) is 0 Å². The molecule has 0 aromatic carbocycles. The molecule has 2 aliphatic rings. The highest BCUT2D eigenvalue weighted by molar-refractivity contribution is 4.94. The lowest BCUT2D eigenvalue weighted by atomic mass is 9.97. The molecule has 7 N–H and O–H groups in total. The number of aliphatic hydroxyl groups is 7. The lowest BCUT2D eigenvalue weighted by Crippen LogP contribution is -2.64. The normalized spacial score (nSPS) is 38.7. The molecule has 0 amide bonds. The van der Waals surface area contributed by atoms with E-state index in [4.69, 9.17) is 18.9 Å². The first-order valence-electron chi connectivity index (χ1n) is 12.2. The van der Waals surface area contributed by atoms with Crippen LogP contribution in [0.15, 0.2) is 12.7 Å². The molecule has 2 saturated heterocycles. The zero-order valence-electron chi connectivity index (χ0n) is 19.6. The lowest BCUT2D eigenvalue weighted by molar-refractivity contribution is -0.359. The quantitative estimate of drug-likeness (QED) is 0.109. The van der Waals surface area contributed by atoms with E-state index in [0.717, 1.165) is 32.1 Å². The van der Waals surface area contributed by atoms with E-state index < -0.39 is 74.6 Å². The smallest absolute Gasteiger partial charge is 0.187 e. The van der Waals surface area contributed by atoms with Gasteiger partial charge in [0.2, 0.25) is 0 Å². The number of hydrogen-bond donors (Lipinski definition) is 7. The maximum Gasteiger partial charge on any atom is 0.187 e. The monoisotopic (exact) mass is 494 g/mol. The van der Waals surface area contributed by atoms with Crippen molar-refractivity contribution in [2.75, 3.05) is 19.8 Å². The highest BCUT2D eigenvalue weighted by Gasteiger charge is 2.50. The van der Waals surface area contributed by atoms with Gasteiger partial charge in [0.1, 0.15) is 48.8 Å². The second kappa shape index (κ2) is 15.4. The summed E-state index contributed by atoms with van der Waals surface area (Å²) in [6, 6.07) is 0. The molecular formula is C23H42O11. The first-order valence-corrected chi connectivity index (χ1v) is 12.2. The van der Waals surface area contributed by atoms with Crippen molar-refractivity contribution in [1.82, 2.24) is 0 Å². The van der Waals surface area contributed by atoms with Crippen LogP contribution >= 0.6 is 0 Å². The van der Waals surface area contributed by atoms with Gasteiger partial charge in [-0.15, -0.1) is 6.58 Å². The standard InChI is InChI=1S/C23H42O11/c1-2-3-4-5-6-7-8-9-10-11-31-22-20(30)18(28)21(15(13-25)33-22)34-23-19(29)17(27)16(26)14(12-24)32-23/h2,14-30H,1,3-13H2/t14?,15?,16-,17?,18?,19-,20?,21-,22-,23-/m1/s1. The summed E-state index contributed by atoms with van der Waals surface area (Å²) in [5.74, 6) is 0. The summed E-state index contributed by atoms with van der Waals surface area (Å²) in [7, 11) is 0. The van der Waals surface area contributed by atoms with Gasteiger partial charge in [0, 0.05) is 6.61 Å². The van der Waals surface area contributed by atoms with Crippen LogP contribution in [0.2, 0.25) is 0 Å². The van der Waals surface area contributed by atoms with Crippen molar-refractivity contribution in [2.45, 2.75) is 113 Å². The number of rotatable bonds is 15. The van der Waals surface area contributed by atoms with Crippen LogP contribution in [-0.4, -0.2) is 117 Å². The Labute approximate surface area is 200 Å². The van der Waals surface area contributed by atoms with Crippen molar-refractivity contribution in [3.05, 3.63) is 12.7 Å². The van der Waals surface area contributed by atoms with Crippen LogP contribution in [0.4, 0.5) is 0 Å². The molecule has 0 radical (unpaired) electrons. The maximum absolute atomic E-state index is 10.6. The average molecular weight is 495 g/mol. The number of aliphatic hydroxyl groups excluding tert-OH is 7. The predicted octanol–water partition coefficient (Wildman–Crippen LogP) is -1.07. The number of unbranched alkanes of at least 4 members (excludes halogenated alkanes) is 7. The van der Waals surface area contributed by atoms with Gasteiger partial charge in [-0.3, -0.25) is 0 Å². The van der Waals surface area contributed by atoms with Gasteiger partial charge in [0.25, 0.3) is 0 Å². The number of ether oxygens (including phenoxy) is 4. The summed E-state index contributed by atoms with van der Waals surface area (Å²) in [5, 5.41) is 70.0. The largest absolute Gasteiger partial charge is 0.394 e. The third-order valence-corrected chi connectivity index (χ3v) is 6.30. The average Bonchev–Trinajstić information content (AvgIpc) is 2.84. The summed E-state index contributed by atoms with van der Waals surface area (Å²) in [4.78, 5) is 0. The van der Waals surface area contributed by atoms with Gasteiger partial charge in [-0.1, -0.05) is 38.2 Å². The minimum atomic E-state index is -1.70. The molecule has 200 valence electrons. The van der Waals surface area contributed by atoms with Gasteiger partial charge >= 0.3 is 0 Å². The Bertz CT molecular complexity index is 561. The van der Waals surface area contributed by atoms with E-state index in [-0.39, 0.29) is 0 Å². The van der Waals surface area contributed by atoms with Crippen LogP contribution in [0.5, 0.6) is 0 Å². The Morgan fingerprint density at radius 3 is 1.82 bits per heavy atom. The van der Waals surface area contributed by atoms with E-state index in [1.54, 1.807) is 0 Å². The van der Waals surface area contributed by atoms with E-state index in [0.29, 0.717) is 6.61 Å². The van der Waals surface area contributed by atoms with Crippen molar-refractivity contribution >= 4 is 0 Å². The van der Waals surface area contributed by atoms with Gasteiger partial charge in [-0.05, 0) is 19.3 Å². The third kappa shape index (κ3) is 8.17. The van der Waals surface area contributed by atoms with E-state index in [9.17, 15) is 35.7 Å². The minimum absolute atomic E-state index is 0.307. The van der Waals surface area contributed by atoms with Crippen LogP contribution < -0.4 is 0 Å². The second-order valence-corrected chi connectivity index (χ2v) is 8.93. The summed E-state index contributed by atoms with van der Waals surface area (Å²) >= 11 is 0. The zero-order valence-corrected chi connectivity index (χ0v) is 19.6. The fourth-order valence-corrected chi connectivity index (χ4v) is 4.17. The van der Waals surface area contributed by atoms with Crippen LogP contribution in [-0.2, 0) is 18.9 Å². The van der Waals surface area contributed by atoms with Crippen molar-refractivity contribution < 1.29 is 54.7 Å². The molecule has 2 aliphatic heterocycles. The van der Waals surface area contributed by atoms with E-state index >= 15 is 0 Å². The molecule has 0 aromatic rings. The Hall–Kier alpha value is -0.700. The third-order valence-electron chi connectivity index (χ3n) is 6.30. The van der Waals surface area contributed by atoms with Crippen molar-refractivity contribution in [2.24, 2.45) is 0 Å². The van der Waals surface area contributed by atoms with E-state index in [1.807, 2.05) is 6.08 Å². The Kier molecular flexibility index (Phi) is 13.4. The first kappa shape index (κ1) is 29.5. The van der Waals surface area contributed by atoms with Crippen LogP contribution in [0, 0.1) is 0 Å². The van der Waals surface area contributed by atoms with Gasteiger partial charge in [0.05, 0.1) is 13.2 Å². The minimum Gasteiger partial charge on any atom is -0.394 e. The molecule has 34 heavy (non-hydrogen) atoms. The molecular weight excluding hydrogens is 452 g/mol. The van der Waals surface area contributed by atoms with Crippen LogP contribution in [0.1, 0.15) is 51.4 Å². The Morgan fingerprint density at radius 2 is 1.21 bits per heavy atom. The molecule has 2 heterocycles. The summed E-state index contributed by atoms with van der Waals surface area (Å²) in [6.07, 6.45) is -3.93. The lowest BCUT2D eigenvalue weighted by Gasteiger charge is -2.45. The molecule has 5 unspecified atom stereocenters. The van der Waals surface area contributed by atoms with E-state index in [1.165, 1.54) is 19.3 Å². The first-order chi connectivity index (χ1) is 16.3. The number of allylic oxidation sites excluding steroid dienone is 1. The molecule has 0 aromatic heterocycles.